The van der Waals surface area contributed by atoms with Gasteiger partial charge in [-0.15, -0.1) is 0 Å². The van der Waals surface area contributed by atoms with E-state index in [0.717, 1.165) is 15.8 Å². The Hall–Kier alpha value is -2.58. The molecule has 0 bridgehead atoms. The zero-order valence-electron chi connectivity index (χ0n) is 12.4. The number of rotatable bonds is 2. The van der Waals surface area contributed by atoms with Crippen molar-refractivity contribution < 1.29 is 9.18 Å². The number of para-hydroxylation sites is 1. The molecule has 0 aliphatic heterocycles. The van der Waals surface area contributed by atoms with Gasteiger partial charge in [0, 0.05) is 0 Å². The van der Waals surface area contributed by atoms with Crippen LogP contribution in [-0.4, -0.2) is 20.9 Å². The Morgan fingerprint density at radius 3 is 2.96 bits per heavy atom. The maximum absolute atomic E-state index is 13.8. The maximum Gasteiger partial charge on any atom is 0.259 e. The van der Waals surface area contributed by atoms with E-state index in [4.69, 9.17) is 12.2 Å². The van der Waals surface area contributed by atoms with Gasteiger partial charge in [0.2, 0.25) is 0 Å². The molecule has 0 atom stereocenters. The highest BCUT2D eigenvalue weighted by molar-refractivity contribution is 7.71. The summed E-state index contributed by atoms with van der Waals surface area (Å²) in [6.07, 6.45) is 0. The van der Waals surface area contributed by atoms with Crippen molar-refractivity contribution in [1.29, 1.82) is 0 Å². The summed E-state index contributed by atoms with van der Waals surface area (Å²) in [7, 11) is 0. The van der Waals surface area contributed by atoms with Gasteiger partial charge in [-0.1, -0.05) is 23.5 Å². The molecule has 120 valence electrons. The second kappa shape index (κ2) is 5.50. The summed E-state index contributed by atoms with van der Waals surface area (Å²) in [5, 5.41) is 3.21. The zero-order chi connectivity index (χ0) is 16.8. The molecule has 0 aliphatic carbocycles. The summed E-state index contributed by atoms with van der Waals surface area (Å²) in [4.78, 5) is 22.7. The number of hydrogen-bond donors (Lipinski definition) is 3. The average molecular weight is 358 g/mol. The molecule has 1 amide bonds. The molecular formula is C16H11FN4OS2. The van der Waals surface area contributed by atoms with Crippen LogP contribution in [0.25, 0.3) is 21.3 Å². The first-order chi connectivity index (χ1) is 11.5. The lowest BCUT2D eigenvalue weighted by Crippen LogP contribution is -2.12. The highest BCUT2D eigenvalue weighted by Crippen LogP contribution is 2.28. The summed E-state index contributed by atoms with van der Waals surface area (Å²) in [6, 6.07) is 8.31. The number of nitrogens with one attached hydrogen (secondary N) is 3. The molecule has 4 aromatic rings. The summed E-state index contributed by atoms with van der Waals surface area (Å²) in [5.41, 5.74) is 2.98. The smallest absolute Gasteiger partial charge is 0.259 e. The summed E-state index contributed by atoms with van der Waals surface area (Å²) < 4.78 is 15.1. The van der Waals surface area contributed by atoms with Crippen LogP contribution >= 0.6 is 23.6 Å². The van der Waals surface area contributed by atoms with Crippen LogP contribution in [0, 0.1) is 17.5 Å². The molecule has 2 aromatic carbocycles. The third-order valence-corrected chi connectivity index (χ3v) is 4.82. The number of thiazole rings is 1. The summed E-state index contributed by atoms with van der Waals surface area (Å²) in [6.45, 7) is 1.96. The van der Waals surface area contributed by atoms with E-state index >= 15 is 0 Å². The molecule has 0 fully saturated rings. The molecular weight excluding hydrogens is 347 g/mol. The van der Waals surface area contributed by atoms with E-state index in [2.05, 4.69) is 20.3 Å². The van der Waals surface area contributed by atoms with E-state index in [1.807, 2.05) is 25.1 Å². The number of imidazole rings is 1. The molecule has 0 saturated carbocycles. The molecule has 0 saturated heterocycles. The van der Waals surface area contributed by atoms with Crippen molar-refractivity contribution in [3.63, 3.8) is 0 Å². The maximum atomic E-state index is 13.8. The lowest BCUT2D eigenvalue weighted by Gasteiger charge is -2.03. The van der Waals surface area contributed by atoms with Gasteiger partial charge in [0.1, 0.15) is 5.82 Å². The van der Waals surface area contributed by atoms with E-state index in [1.54, 1.807) is 0 Å². The number of hydrogen-bond acceptors (Lipinski definition) is 4. The minimum atomic E-state index is -0.516. The van der Waals surface area contributed by atoms with Gasteiger partial charge in [0.15, 0.2) is 9.90 Å². The Labute approximate surface area is 144 Å². The van der Waals surface area contributed by atoms with Crippen LogP contribution in [-0.2, 0) is 0 Å². The molecule has 3 N–H and O–H groups in total. The Balaban J connectivity index is 1.76. The summed E-state index contributed by atoms with van der Waals surface area (Å²) >= 11 is 6.39. The van der Waals surface area contributed by atoms with Gasteiger partial charge >= 0.3 is 0 Å². The van der Waals surface area contributed by atoms with Crippen molar-refractivity contribution in [2.24, 2.45) is 0 Å². The van der Waals surface area contributed by atoms with Crippen LogP contribution in [0.4, 0.5) is 9.52 Å². The number of carbonyl (C=O) groups excluding carboxylic acids is 1. The average Bonchev–Trinajstić information content (AvgIpc) is 3.09. The number of aromatic nitrogens is 3. The molecule has 4 rings (SSSR count). The van der Waals surface area contributed by atoms with E-state index in [9.17, 15) is 9.18 Å². The second-order valence-corrected chi connectivity index (χ2v) is 6.79. The third-order valence-electron chi connectivity index (χ3n) is 3.68. The number of amides is 1. The molecule has 0 spiro atoms. The van der Waals surface area contributed by atoms with Crippen molar-refractivity contribution in [3.05, 3.63) is 52.0 Å². The van der Waals surface area contributed by atoms with Crippen molar-refractivity contribution in [2.45, 2.75) is 6.92 Å². The minimum absolute atomic E-state index is 0.174. The van der Waals surface area contributed by atoms with Crippen LogP contribution in [0.2, 0.25) is 0 Å². The van der Waals surface area contributed by atoms with Gasteiger partial charge in [-0.2, -0.15) is 0 Å². The molecule has 5 nitrogen and oxygen atoms in total. The number of benzene rings is 2. The standard InChI is InChI=1S/C16H11FN4OS2/c1-7-3-2-4-11-12(7)20-16(24-11)21-14(22)9-5-8(17)6-10-13(9)19-15(23)18-10/h2-6H,1H3,(H2,18,19,23)(H,20,21,22). The number of fused-ring (bicyclic) bond motifs is 2. The summed E-state index contributed by atoms with van der Waals surface area (Å²) in [5.74, 6) is -0.959. The Kier molecular flexibility index (Phi) is 3.43. The molecule has 2 aromatic heterocycles. The molecule has 24 heavy (non-hydrogen) atoms. The van der Waals surface area contributed by atoms with Crippen molar-refractivity contribution in [1.82, 2.24) is 15.0 Å². The van der Waals surface area contributed by atoms with Gasteiger partial charge < -0.3 is 9.97 Å². The number of nitrogens with zero attached hydrogens (tertiary/aromatic N) is 1. The van der Waals surface area contributed by atoms with E-state index in [1.165, 1.54) is 23.5 Å². The van der Waals surface area contributed by atoms with Crippen LogP contribution in [0.1, 0.15) is 15.9 Å². The lowest BCUT2D eigenvalue weighted by atomic mass is 10.1. The van der Waals surface area contributed by atoms with Crippen LogP contribution in [0.15, 0.2) is 30.3 Å². The first-order valence-corrected chi connectivity index (χ1v) is 8.33. The Morgan fingerprint density at radius 1 is 1.33 bits per heavy atom. The topological polar surface area (TPSA) is 73.6 Å². The van der Waals surface area contributed by atoms with Crippen LogP contribution in [0.5, 0.6) is 0 Å². The van der Waals surface area contributed by atoms with Crippen LogP contribution in [0.3, 0.4) is 0 Å². The minimum Gasteiger partial charge on any atom is -0.331 e. The van der Waals surface area contributed by atoms with E-state index < -0.39 is 11.7 Å². The van der Waals surface area contributed by atoms with E-state index in [0.29, 0.717) is 20.9 Å². The fourth-order valence-electron chi connectivity index (χ4n) is 2.59. The van der Waals surface area contributed by atoms with E-state index in [-0.39, 0.29) is 5.56 Å². The number of aromatic amines is 2. The number of carbonyl (C=O) groups is 1. The fourth-order valence-corrected chi connectivity index (χ4v) is 3.74. The van der Waals surface area contributed by atoms with Crippen molar-refractivity contribution in [3.8, 4) is 0 Å². The molecule has 2 heterocycles. The quantitative estimate of drug-likeness (QED) is 0.461. The van der Waals surface area contributed by atoms with Gasteiger partial charge in [-0.25, -0.2) is 9.37 Å². The number of H-pyrrole nitrogens is 2. The largest absolute Gasteiger partial charge is 0.331 e. The highest BCUT2D eigenvalue weighted by Gasteiger charge is 2.16. The van der Waals surface area contributed by atoms with Crippen molar-refractivity contribution in [2.75, 3.05) is 5.32 Å². The number of anilines is 1. The predicted molar refractivity (Wildman–Crippen MR) is 95.8 cm³/mol. The van der Waals surface area contributed by atoms with Gasteiger partial charge in [0.05, 0.1) is 26.8 Å². The highest BCUT2D eigenvalue weighted by atomic mass is 32.1. The number of aryl methyl sites for hydroxylation is 1. The Bertz CT molecular complexity index is 1160. The number of halogens is 1. The zero-order valence-corrected chi connectivity index (χ0v) is 14.1. The molecule has 8 heteroatoms. The molecule has 0 aliphatic rings. The molecule has 0 radical (unpaired) electrons. The normalized spacial score (nSPS) is 11.2. The lowest BCUT2D eigenvalue weighted by molar-refractivity contribution is 0.102. The first kappa shape index (κ1) is 15.0. The predicted octanol–water partition coefficient (Wildman–Crippen LogP) is 4.54. The van der Waals surface area contributed by atoms with Crippen LogP contribution < -0.4 is 5.32 Å². The monoisotopic (exact) mass is 358 g/mol. The Morgan fingerprint density at radius 2 is 2.17 bits per heavy atom. The third kappa shape index (κ3) is 2.49. The first-order valence-electron chi connectivity index (χ1n) is 7.10. The van der Waals surface area contributed by atoms with Gasteiger partial charge in [0.25, 0.3) is 5.91 Å². The van der Waals surface area contributed by atoms with Gasteiger partial charge in [-0.05, 0) is 42.9 Å². The second-order valence-electron chi connectivity index (χ2n) is 5.35. The fraction of sp³-hybridized carbons (Fsp3) is 0.0625. The SMILES string of the molecule is Cc1cccc2sc(NC(=O)c3cc(F)cc4[nH]c(=S)[nH]c34)nc12. The van der Waals surface area contributed by atoms with Gasteiger partial charge in [-0.3, -0.25) is 10.1 Å². The van der Waals surface area contributed by atoms with Crippen molar-refractivity contribution >= 4 is 55.8 Å². The molecule has 0 unspecified atom stereocenters.